The number of hydrogen-bond acceptors (Lipinski definition) is 4. The summed E-state index contributed by atoms with van der Waals surface area (Å²) in [6.45, 7) is 0.262. The van der Waals surface area contributed by atoms with E-state index in [9.17, 15) is 9.59 Å². The van der Waals surface area contributed by atoms with Crippen molar-refractivity contribution in [2.75, 3.05) is 7.05 Å². The number of nitrogens with zero attached hydrogens (tertiary/aromatic N) is 4. The second kappa shape index (κ2) is 7.50. The first kappa shape index (κ1) is 17.8. The van der Waals surface area contributed by atoms with E-state index < -0.39 is 0 Å². The third-order valence-corrected chi connectivity index (χ3v) is 4.49. The molecular formula is C19H15BrN4O2. The smallest absolute Gasteiger partial charge is 0.261 e. The van der Waals surface area contributed by atoms with Gasteiger partial charge < -0.3 is 4.90 Å². The molecule has 2 aromatic carbocycles. The van der Waals surface area contributed by atoms with Crippen molar-refractivity contribution in [2.45, 2.75) is 13.1 Å². The molecule has 3 rings (SSSR count). The lowest BCUT2D eigenvalue weighted by molar-refractivity contribution is -0.131. The highest BCUT2D eigenvalue weighted by atomic mass is 79.9. The first-order valence-corrected chi connectivity index (χ1v) is 8.65. The van der Waals surface area contributed by atoms with Gasteiger partial charge in [-0.05, 0) is 35.9 Å². The van der Waals surface area contributed by atoms with E-state index in [1.807, 2.05) is 12.1 Å². The van der Waals surface area contributed by atoms with Gasteiger partial charge in [-0.1, -0.05) is 28.1 Å². The molecule has 0 saturated carbocycles. The summed E-state index contributed by atoms with van der Waals surface area (Å²) in [4.78, 5) is 30.8. The molecule has 6 nitrogen and oxygen atoms in total. The molecule has 1 aromatic heterocycles. The SMILES string of the molecule is CN(Cc1cccc(C#N)c1)C(=O)Cn1cnc2ccc(Br)cc2c1=O. The van der Waals surface area contributed by atoms with Gasteiger partial charge in [-0.3, -0.25) is 14.2 Å². The molecule has 0 bridgehead atoms. The second-order valence-electron chi connectivity index (χ2n) is 5.90. The van der Waals surface area contributed by atoms with Crippen molar-refractivity contribution < 1.29 is 4.79 Å². The summed E-state index contributed by atoms with van der Waals surface area (Å²) >= 11 is 3.34. The average Bonchev–Trinajstić information content (AvgIpc) is 2.64. The standard InChI is InChI=1S/C19H15BrN4O2/c1-23(10-14-4-2-3-13(7-14)9-21)18(25)11-24-12-22-17-6-5-15(20)8-16(17)19(24)26/h2-8,12H,10-11H2,1H3. The van der Waals surface area contributed by atoms with Crippen molar-refractivity contribution in [3.8, 4) is 6.07 Å². The third-order valence-electron chi connectivity index (χ3n) is 3.99. The molecule has 1 heterocycles. The maximum Gasteiger partial charge on any atom is 0.261 e. The van der Waals surface area contributed by atoms with Crippen LogP contribution in [0.2, 0.25) is 0 Å². The number of nitriles is 1. The summed E-state index contributed by atoms with van der Waals surface area (Å²) in [6.07, 6.45) is 1.39. The Labute approximate surface area is 158 Å². The fourth-order valence-corrected chi connectivity index (χ4v) is 2.97. The van der Waals surface area contributed by atoms with Crippen LogP contribution in [-0.2, 0) is 17.9 Å². The van der Waals surface area contributed by atoms with Gasteiger partial charge in [-0.25, -0.2) is 4.98 Å². The summed E-state index contributed by atoms with van der Waals surface area (Å²) in [5.41, 5.74) is 1.73. The maximum atomic E-state index is 12.6. The number of fused-ring (bicyclic) bond motifs is 1. The molecule has 0 fully saturated rings. The van der Waals surface area contributed by atoms with E-state index in [1.165, 1.54) is 15.8 Å². The van der Waals surface area contributed by atoms with Crippen LogP contribution in [-0.4, -0.2) is 27.4 Å². The minimum absolute atomic E-state index is 0.0945. The normalized spacial score (nSPS) is 10.5. The van der Waals surface area contributed by atoms with Gasteiger partial charge in [0.15, 0.2) is 0 Å². The third kappa shape index (κ3) is 3.81. The van der Waals surface area contributed by atoms with E-state index in [-0.39, 0.29) is 18.0 Å². The Bertz CT molecular complexity index is 1080. The fraction of sp³-hybridized carbons (Fsp3) is 0.158. The number of amides is 1. The van der Waals surface area contributed by atoms with E-state index in [0.717, 1.165) is 10.0 Å². The van der Waals surface area contributed by atoms with Gasteiger partial charge in [-0.15, -0.1) is 0 Å². The molecule has 26 heavy (non-hydrogen) atoms. The molecule has 0 radical (unpaired) electrons. The van der Waals surface area contributed by atoms with Gasteiger partial charge in [-0.2, -0.15) is 5.26 Å². The molecule has 3 aromatic rings. The highest BCUT2D eigenvalue weighted by Crippen LogP contribution is 2.15. The summed E-state index contributed by atoms with van der Waals surface area (Å²) in [5.74, 6) is -0.217. The van der Waals surface area contributed by atoms with E-state index in [1.54, 1.807) is 37.4 Å². The Morgan fingerprint density at radius 3 is 2.88 bits per heavy atom. The first-order chi connectivity index (χ1) is 12.5. The Kier molecular flexibility index (Phi) is 5.14. The summed E-state index contributed by atoms with van der Waals surface area (Å²) in [6, 6.07) is 14.4. The Morgan fingerprint density at radius 1 is 1.31 bits per heavy atom. The minimum atomic E-state index is -0.260. The monoisotopic (exact) mass is 410 g/mol. The molecule has 0 unspecified atom stereocenters. The maximum absolute atomic E-state index is 12.6. The van der Waals surface area contributed by atoms with E-state index in [4.69, 9.17) is 5.26 Å². The summed E-state index contributed by atoms with van der Waals surface area (Å²) < 4.78 is 2.08. The van der Waals surface area contributed by atoms with Gasteiger partial charge in [0.05, 0.1) is 28.9 Å². The van der Waals surface area contributed by atoms with Gasteiger partial charge >= 0.3 is 0 Å². The van der Waals surface area contributed by atoms with Gasteiger partial charge in [0.1, 0.15) is 6.54 Å². The van der Waals surface area contributed by atoms with Crippen LogP contribution in [0.25, 0.3) is 10.9 Å². The van der Waals surface area contributed by atoms with Crippen molar-refractivity contribution in [1.82, 2.24) is 14.5 Å². The Hall–Kier alpha value is -2.98. The van der Waals surface area contributed by atoms with Crippen LogP contribution < -0.4 is 5.56 Å². The quantitative estimate of drug-likeness (QED) is 0.662. The summed E-state index contributed by atoms with van der Waals surface area (Å²) in [5, 5.41) is 9.42. The zero-order valence-corrected chi connectivity index (χ0v) is 15.6. The predicted molar refractivity (Wildman–Crippen MR) is 101 cm³/mol. The molecule has 130 valence electrons. The molecule has 7 heteroatoms. The van der Waals surface area contributed by atoms with Crippen LogP contribution in [0.3, 0.4) is 0 Å². The lowest BCUT2D eigenvalue weighted by atomic mass is 10.1. The van der Waals surface area contributed by atoms with E-state index >= 15 is 0 Å². The molecule has 0 spiro atoms. The number of hydrogen-bond donors (Lipinski definition) is 0. The van der Waals surface area contributed by atoms with Crippen LogP contribution >= 0.6 is 15.9 Å². The van der Waals surface area contributed by atoms with Crippen LogP contribution in [0.1, 0.15) is 11.1 Å². The molecule has 0 aliphatic carbocycles. The highest BCUT2D eigenvalue weighted by Gasteiger charge is 2.13. The number of aromatic nitrogens is 2. The number of likely N-dealkylation sites (N-methyl/N-ethyl adjacent to an activating group) is 1. The van der Waals surface area contributed by atoms with Gasteiger partial charge in [0.25, 0.3) is 5.56 Å². The largest absolute Gasteiger partial charge is 0.340 e. The average molecular weight is 411 g/mol. The number of rotatable bonds is 4. The molecule has 0 aliphatic rings. The van der Waals surface area contributed by atoms with Crippen molar-refractivity contribution in [2.24, 2.45) is 0 Å². The number of halogens is 1. The van der Waals surface area contributed by atoms with Crippen molar-refractivity contribution in [3.63, 3.8) is 0 Å². The van der Waals surface area contributed by atoms with Crippen molar-refractivity contribution >= 4 is 32.7 Å². The predicted octanol–water partition coefficient (Wildman–Crippen LogP) is 2.69. The first-order valence-electron chi connectivity index (χ1n) is 7.85. The van der Waals surface area contributed by atoms with Crippen LogP contribution in [0.5, 0.6) is 0 Å². The topological polar surface area (TPSA) is 79.0 Å². The van der Waals surface area contributed by atoms with Crippen LogP contribution in [0.4, 0.5) is 0 Å². The zero-order chi connectivity index (χ0) is 18.7. The lowest BCUT2D eigenvalue weighted by Gasteiger charge is -2.18. The lowest BCUT2D eigenvalue weighted by Crippen LogP contribution is -2.33. The summed E-state index contributed by atoms with van der Waals surface area (Å²) in [7, 11) is 1.66. The zero-order valence-electron chi connectivity index (χ0n) is 14.0. The molecule has 0 aliphatic heterocycles. The van der Waals surface area contributed by atoms with Gasteiger partial charge in [0, 0.05) is 18.1 Å². The molecule has 1 amide bonds. The number of carbonyl (C=O) groups is 1. The van der Waals surface area contributed by atoms with Crippen molar-refractivity contribution in [3.05, 3.63) is 74.7 Å². The number of carbonyl (C=O) groups excluding carboxylic acids is 1. The molecule has 0 atom stereocenters. The highest BCUT2D eigenvalue weighted by molar-refractivity contribution is 9.10. The van der Waals surface area contributed by atoms with Crippen LogP contribution in [0, 0.1) is 11.3 Å². The Morgan fingerprint density at radius 2 is 2.12 bits per heavy atom. The van der Waals surface area contributed by atoms with E-state index in [0.29, 0.717) is 23.0 Å². The Balaban J connectivity index is 1.79. The fourth-order valence-electron chi connectivity index (χ4n) is 2.61. The second-order valence-corrected chi connectivity index (χ2v) is 6.82. The molecule has 0 saturated heterocycles. The van der Waals surface area contributed by atoms with Gasteiger partial charge in [0.2, 0.25) is 5.91 Å². The minimum Gasteiger partial charge on any atom is -0.340 e. The van der Waals surface area contributed by atoms with Crippen molar-refractivity contribution in [1.29, 1.82) is 5.26 Å². The molecule has 0 N–H and O–H groups in total. The number of benzene rings is 2. The molecular weight excluding hydrogens is 396 g/mol. The van der Waals surface area contributed by atoms with Crippen LogP contribution in [0.15, 0.2) is 58.1 Å². The van der Waals surface area contributed by atoms with E-state index in [2.05, 4.69) is 27.0 Å².